The minimum absolute atomic E-state index is 0.0729. The van der Waals surface area contributed by atoms with Gasteiger partial charge in [0.25, 0.3) is 5.91 Å². The highest BCUT2D eigenvalue weighted by atomic mass is 16.5. The summed E-state index contributed by atoms with van der Waals surface area (Å²) < 4.78 is 5.86. The van der Waals surface area contributed by atoms with E-state index in [9.17, 15) is 4.79 Å². The topological polar surface area (TPSA) is 41.6 Å². The monoisotopic (exact) mass is 364 g/mol. The number of ether oxygens (including phenoxy) is 1. The van der Waals surface area contributed by atoms with Gasteiger partial charge in [0.1, 0.15) is 0 Å². The van der Waals surface area contributed by atoms with Crippen LogP contribution < -0.4 is 5.32 Å². The lowest BCUT2D eigenvalue weighted by atomic mass is 9.95. The Kier molecular flexibility index (Phi) is 4.62. The number of benzene rings is 2. The molecule has 27 heavy (non-hydrogen) atoms. The molecule has 142 valence electrons. The molecular weight excluding hydrogens is 336 g/mol. The number of carbonyl (C=O) groups excluding carboxylic acids is 1. The van der Waals surface area contributed by atoms with Crippen molar-refractivity contribution < 1.29 is 9.53 Å². The Bertz CT molecular complexity index is 811. The number of amides is 1. The van der Waals surface area contributed by atoms with E-state index in [0.29, 0.717) is 18.2 Å². The van der Waals surface area contributed by atoms with Crippen LogP contribution in [0.25, 0.3) is 10.8 Å². The first-order chi connectivity index (χ1) is 13.3. The van der Waals surface area contributed by atoms with Crippen molar-refractivity contribution in [2.45, 2.75) is 62.8 Å². The minimum Gasteiger partial charge on any atom is -0.377 e. The molecule has 0 aromatic heterocycles. The molecule has 3 heterocycles. The van der Waals surface area contributed by atoms with E-state index in [4.69, 9.17) is 4.74 Å². The smallest absolute Gasteiger partial charge is 0.252 e. The molecule has 0 spiro atoms. The highest BCUT2D eigenvalue weighted by Gasteiger charge is 2.42. The van der Waals surface area contributed by atoms with E-state index in [1.807, 2.05) is 30.3 Å². The molecule has 0 aliphatic carbocycles. The van der Waals surface area contributed by atoms with E-state index in [2.05, 4.69) is 22.3 Å². The zero-order valence-electron chi connectivity index (χ0n) is 15.8. The molecule has 2 aromatic rings. The van der Waals surface area contributed by atoms with E-state index >= 15 is 0 Å². The maximum absolute atomic E-state index is 13.0. The number of fused-ring (bicyclic) bond motifs is 3. The molecule has 0 saturated carbocycles. The average Bonchev–Trinajstić information content (AvgIpc) is 3.28. The van der Waals surface area contributed by atoms with Gasteiger partial charge in [0, 0.05) is 36.8 Å². The predicted octanol–water partition coefficient (Wildman–Crippen LogP) is 3.74. The second kappa shape index (κ2) is 7.25. The summed E-state index contributed by atoms with van der Waals surface area (Å²) in [5.41, 5.74) is 0.794. The van der Waals surface area contributed by atoms with E-state index in [1.54, 1.807) is 0 Å². The van der Waals surface area contributed by atoms with E-state index < -0.39 is 0 Å². The van der Waals surface area contributed by atoms with Gasteiger partial charge in [-0.1, -0.05) is 36.4 Å². The van der Waals surface area contributed by atoms with Crippen LogP contribution >= 0.6 is 0 Å². The molecule has 3 aliphatic rings. The third-order valence-corrected chi connectivity index (χ3v) is 6.69. The number of carbonyl (C=O) groups is 1. The van der Waals surface area contributed by atoms with Crippen molar-refractivity contribution in [1.82, 2.24) is 10.2 Å². The van der Waals surface area contributed by atoms with Crippen molar-refractivity contribution in [2.24, 2.45) is 0 Å². The average molecular weight is 364 g/mol. The van der Waals surface area contributed by atoms with Gasteiger partial charge in [-0.05, 0) is 55.4 Å². The van der Waals surface area contributed by atoms with Gasteiger partial charge in [0.15, 0.2) is 0 Å². The van der Waals surface area contributed by atoms with Crippen molar-refractivity contribution in [3.8, 4) is 0 Å². The Hall–Kier alpha value is -1.91. The summed E-state index contributed by atoms with van der Waals surface area (Å²) in [7, 11) is 0. The summed E-state index contributed by atoms with van der Waals surface area (Å²) in [6, 6.07) is 15.6. The zero-order chi connectivity index (χ0) is 18.2. The van der Waals surface area contributed by atoms with Crippen molar-refractivity contribution >= 4 is 16.7 Å². The van der Waals surface area contributed by atoms with Crippen LogP contribution in [0.3, 0.4) is 0 Å². The summed E-state index contributed by atoms with van der Waals surface area (Å²) in [5, 5.41) is 5.51. The normalized spacial score (nSPS) is 30.7. The summed E-state index contributed by atoms with van der Waals surface area (Å²) in [6.45, 7) is 2.01. The molecule has 2 aromatic carbocycles. The third kappa shape index (κ3) is 3.37. The summed E-state index contributed by atoms with van der Waals surface area (Å²) >= 11 is 0. The zero-order valence-corrected chi connectivity index (χ0v) is 15.8. The molecule has 1 amide bonds. The molecule has 3 atom stereocenters. The molecule has 3 saturated heterocycles. The summed E-state index contributed by atoms with van der Waals surface area (Å²) in [4.78, 5) is 15.7. The van der Waals surface area contributed by atoms with Crippen LogP contribution in [0.2, 0.25) is 0 Å². The van der Waals surface area contributed by atoms with Gasteiger partial charge in [-0.2, -0.15) is 0 Å². The maximum atomic E-state index is 13.0. The molecular formula is C23H28N2O2. The number of nitrogens with zero attached hydrogens (tertiary/aromatic N) is 1. The second-order valence-electron chi connectivity index (χ2n) is 8.39. The fourth-order valence-electron chi connectivity index (χ4n) is 5.40. The van der Waals surface area contributed by atoms with Crippen LogP contribution in [-0.2, 0) is 4.74 Å². The lowest BCUT2D eigenvalue weighted by molar-refractivity contribution is 0.0332. The van der Waals surface area contributed by atoms with Crippen molar-refractivity contribution in [1.29, 1.82) is 0 Å². The van der Waals surface area contributed by atoms with Gasteiger partial charge >= 0.3 is 0 Å². The fourth-order valence-corrected chi connectivity index (χ4v) is 5.40. The van der Waals surface area contributed by atoms with Gasteiger partial charge in [-0.25, -0.2) is 0 Å². The van der Waals surface area contributed by atoms with Crippen molar-refractivity contribution in [3.63, 3.8) is 0 Å². The number of hydrogen-bond acceptors (Lipinski definition) is 3. The van der Waals surface area contributed by atoms with Gasteiger partial charge in [0.2, 0.25) is 0 Å². The SMILES string of the molecule is O=C(NC1C[C@H]2CC[C@H](C1)N2CC1CCCO1)c1cccc2ccccc12. The van der Waals surface area contributed by atoms with Crippen molar-refractivity contribution in [2.75, 3.05) is 13.2 Å². The van der Waals surface area contributed by atoms with Crippen LogP contribution in [0.1, 0.15) is 48.9 Å². The first-order valence-electron chi connectivity index (χ1n) is 10.4. The molecule has 1 unspecified atom stereocenters. The standard InChI is InChI=1S/C23H28N2O2/c26-23(22-9-3-6-16-5-1-2-8-21(16)22)24-17-13-18-10-11-19(14-17)25(18)15-20-7-4-12-27-20/h1-3,5-6,8-9,17-20H,4,7,10-15H2,(H,24,26)/t18-,19-,20?/m1/s1. The second-order valence-corrected chi connectivity index (χ2v) is 8.39. The first kappa shape index (κ1) is 17.2. The number of piperidine rings is 1. The first-order valence-corrected chi connectivity index (χ1v) is 10.4. The van der Waals surface area contributed by atoms with Gasteiger partial charge < -0.3 is 10.1 Å². The molecule has 1 N–H and O–H groups in total. The summed E-state index contributed by atoms with van der Waals surface area (Å²) in [6.07, 6.45) is 7.50. The number of rotatable bonds is 4. The van der Waals surface area contributed by atoms with Gasteiger partial charge in [-0.15, -0.1) is 0 Å². The fraction of sp³-hybridized carbons (Fsp3) is 0.522. The molecule has 4 nitrogen and oxygen atoms in total. The highest BCUT2D eigenvalue weighted by Crippen LogP contribution is 2.36. The Morgan fingerprint density at radius 2 is 1.81 bits per heavy atom. The van der Waals surface area contributed by atoms with Gasteiger partial charge in [-0.3, -0.25) is 9.69 Å². The van der Waals surface area contributed by atoms with Crippen LogP contribution in [-0.4, -0.2) is 48.2 Å². The Morgan fingerprint density at radius 1 is 1.04 bits per heavy atom. The molecule has 0 radical (unpaired) electrons. The van der Waals surface area contributed by atoms with E-state index in [0.717, 1.165) is 42.3 Å². The number of nitrogens with one attached hydrogen (secondary N) is 1. The van der Waals surface area contributed by atoms with E-state index in [-0.39, 0.29) is 11.9 Å². The highest BCUT2D eigenvalue weighted by molar-refractivity contribution is 6.07. The largest absolute Gasteiger partial charge is 0.377 e. The lowest BCUT2D eigenvalue weighted by Crippen LogP contribution is -2.52. The van der Waals surface area contributed by atoms with Gasteiger partial charge in [0.05, 0.1) is 6.10 Å². The van der Waals surface area contributed by atoms with Crippen LogP contribution in [0.4, 0.5) is 0 Å². The predicted molar refractivity (Wildman–Crippen MR) is 107 cm³/mol. The van der Waals surface area contributed by atoms with Crippen LogP contribution in [0.15, 0.2) is 42.5 Å². The van der Waals surface area contributed by atoms with Crippen LogP contribution in [0.5, 0.6) is 0 Å². The Morgan fingerprint density at radius 3 is 2.59 bits per heavy atom. The van der Waals surface area contributed by atoms with Crippen LogP contribution in [0, 0.1) is 0 Å². The van der Waals surface area contributed by atoms with Crippen molar-refractivity contribution in [3.05, 3.63) is 48.0 Å². The maximum Gasteiger partial charge on any atom is 0.252 e. The number of hydrogen-bond donors (Lipinski definition) is 1. The molecule has 3 aliphatic heterocycles. The quantitative estimate of drug-likeness (QED) is 0.898. The Labute approximate surface area is 160 Å². The molecule has 5 rings (SSSR count). The Balaban J connectivity index is 1.26. The molecule has 3 fully saturated rings. The molecule has 4 heteroatoms. The third-order valence-electron chi connectivity index (χ3n) is 6.69. The minimum atomic E-state index is 0.0729. The molecule has 2 bridgehead atoms. The lowest BCUT2D eigenvalue weighted by Gasteiger charge is -2.40. The van der Waals surface area contributed by atoms with E-state index in [1.165, 1.54) is 25.7 Å². The summed E-state index contributed by atoms with van der Waals surface area (Å²) in [5.74, 6) is 0.0729.